The van der Waals surface area contributed by atoms with Crippen LogP contribution in [0.2, 0.25) is 0 Å². The third kappa shape index (κ3) is 3.19. The zero-order valence-corrected chi connectivity index (χ0v) is 12.3. The maximum atomic E-state index is 5.38. The summed E-state index contributed by atoms with van der Waals surface area (Å²) in [4.78, 5) is 2.31. The molecule has 1 saturated heterocycles. The molecule has 0 amide bonds. The number of benzene rings is 1. The summed E-state index contributed by atoms with van der Waals surface area (Å²) >= 11 is 0. The van der Waals surface area contributed by atoms with Gasteiger partial charge in [-0.15, -0.1) is 0 Å². The van der Waals surface area contributed by atoms with E-state index in [0.717, 1.165) is 24.5 Å². The molecule has 1 aromatic rings. The van der Waals surface area contributed by atoms with Gasteiger partial charge in [0.1, 0.15) is 0 Å². The molecule has 0 spiro atoms. The maximum Gasteiger partial charge on any atom is 0.161 e. The second kappa shape index (κ2) is 6.26. The molecule has 1 heterocycles. The predicted octanol–water partition coefficient (Wildman–Crippen LogP) is 2.06. The average Bonchev–Trinajstić information content (AvgIpc) is 2.46. The molecular formula is C15H24N2O2. The van der Waals surface area contributed by atoms with Gasteiger partial charge in [-0.1, -0.05) is 6.07 Å². The van der Waals surface area contributed by atoms with Crippen molar-refractivity contribution in [2.24, 2.45) is 0 Å². The van der Waals surface area contributed by atoms with Crippen LogP contribution in [0.15, 0.2) is 18.2 Å². The van der Waals surface area contributed by atoms with Crippen LogP contribution in [0, 0.1) is 0 Å². The van der Waals surface area contributed by atoms with Crippen molar-refractivity contribution in [2.45, 2.75) is 24.9 Å². The molecule has 2 atom stereocenters. The molecule has 0 aliphatic carbocycles. The van der Waals surface area contributed by atoms with Gasteiger partial charge >= 0.3 is 0 Å². The van der Waals surface area contributed by atoms with E-state index < -0.39 is 0 Å². The Hall–Kier alpha value is -1.26. The number of methoxy groups -OCH3 is 2. The number of ether oxygens (including phenoxy) is 2. The van der Waals surface area contributed by atoms with Gasteiger partial charge in [0.05, 0.1) is 14.2 Å². The highest BCUT2D eigenvalue weighted by atomic mass is 16.5. The standard InChI is InChI=1S/C15H24N2O2/c1-17(2)12-7-8-16-13(10-12)11-5-6-14(18-3)15(9-11)19-4/h5-6,9,12-13,16H,7-8,10H2,1-4H3. The van der Waals surface area contributed by atoms with Gasteiger partial charge in [-0.3, -0.25) is 0 Å². The first-order valence-corrected chi connectivity index (χ1v) is 6.77. The minimum atomic E-state index is 0.390. The van der Waals surface area contributed by atoms with Gasteiger partial charge in [0.2, 0.25) is 0 Å². The van der Waals surface area contributed by atoms with Gasteiger partial charge in [-0.25, -0.2) is 0 Å². The van der Waals surface area contributed by atoms with E-state index in [9.17, 15) is 0 Å². The number of nitrogens with one attached hydrogen (secondary N) is 1. The van der Waals surface area contributed by atoms with E-state index in [-0.39, 0.29) is 0 Å². The summed E-state index contributed by atoms with van der Waals surface area (Å²) in [6.07, 6.45) is 2.33. The quantitative estimate of drug-likeness (QED) is 0.902. The van der Waals surface area contributed by atoms with Crippen molar-refractivity contribution in [2.75, 3.05) is 34.9 Å². The summed E-state index contributed by atoms with van der Waals surface area (Å²) in [5.74, 6) is 1.58. The van der Waals surface area contributed by atoms with Crippen LogP contribution in [0.1, 0.15) is 24.4 Å². The van der Waals surface area contributed by atoms with Crippen LogP contribution in [-0.4, -0.2) is 45.8 Å². The van der Waals surface area contributed by atoms with Crippen LogP contribution in [-0.2, 0) is 0 Å². The highest BCUT2D eigenvalue weighted by Crippen LogP contribution is 2.33. The van der Waals surface area contributed by atoms with Crippen LogP contribution in [0.3, 0.4) is 0 Å². The Balaban J connectivity index is 2.17. The summed E-state index contributed by atoms with van der Waals surface area (Å²) in [5.41, 5.74) is 1.27. The molecule has 4 nitrogen and oxygen atoms in total. The lowest BCUT2D eigenvalue weighted by atomic mass is 9.93. The van der Waals surface area contributed by atoms with Crippen LogP contribution in [0.4, 0.5) is 0 Å². The predicted molar refractivity (Wildman–Crippen MR) is 77.0 cm³/mol. The molecule has 19 heavy (non-hydrogen) atoms. The first-order chi connectivity index (χ1) is 9.15. The molecule has 1 fully saturated rings. The van der Waals surface area contributed by atoms with Crippen molar-refractivity contribution in [3.8, 4) is 11.5 Å². The van der Waals surface area contributed by atoms with E-state index in [4.69, 9.17) is 9.47 Å². The van der Waals surface area contributed by atoms with E-state index in [1.54, 1.807) is 14.2 Å². The monoisotopic (exact) mass is 264 g/mol. The zero-order chi connectivity index (χ0) is 13.8. The molecule has 2 unspecified atom stereocenters. The summed E-state index contributed by atoms with van der Waals surface area (Å²) in [6, 6.07) is 7.21. The minimum Gasteiger partial charge on any atom is -0.493 e. The topological polar surface area (TPSA) is 33.7 Å². The lowest BCUT2D eigenvalue weighted by molar-refractivity contribution is 0.207. The van der Waals surface area contributed by atoms with E-state index in [1.807, 2.05) is 6.07 Å². The Kier molecular flexibility index (Phi) is 4.66. The molecule has 1 aromatic carbocycles. The summed E-state index contributed by atoms with van der Waals surface area (Å²) < 4.78 is 10.7. The smallest absolute Gasteiger partial charge is 0.161 e. The van der Waals surface area contributed by atoms with Crippen molar-refractivity contribution >= 4 is 0 Å². The number of rotatable bonds is 4. The highest BCUT2D eigenvalue weighted by Gasteiger charge is 2.24. The van der Waals surface area contributed by atoms with Crippen LogP contribution >= 0.6 is 0 Å². The molecule has 0 saturated carbocycles. The zero-order valence-electron chi connectivity index (χ0n) is 12.3. The molecular weight excluding hydrogens is 240 g/mol. The molecule has 4 heteroatoms. The molecule has 2 rings (SSSR count). The highest BCUT2D eigenvalue weighted by molar-refractivity contribution is 5.43. The molecule has 106 valence electrons. The first kappa shape index (κ1) is 14.2. The number of nitrogens with zero attached hydrogens (tertiary/aromatic N) is 1. The first-order valence-electron chi connectivity index (χ1n) is 6.77. The SMILES string of the molecule is COc1ccc(C2CC(N(C)C)CCN2)cc1OC. The van der Waals surface area contributed by atoms with Crippen molar-refractivity contribution in [3.05, 3.63) is 23.8 Å². The van der Waals surface area contributed by atoms with Gasteiger partial charge < -0.3 is 19.7 Å². The fourth-order valence-corrected chi connectivity index (χ4v) is 2.69. The fraction of sp³-hybridized carbons (Fsp3) is 0.600. The van der Waals surface area contributed by atoms with E-state index in [1.165, 1.54) is 12.0 Å². The number of hydrogen-bond donors (Lipinski definition) is 1. The normalized spacial score (nSPS) is 23.4. The number of piperidine rings is 1. The second-order valence-corrected chi connectivity index (χ2v) is 5.26. The summed E-state index contributed by atoms with van der Waals surface area (Å²) in [6.45, 7) is 1.06. The van der Waals surface area contributed by atoms with Gasteiger partial charge in [0, 0.05) is 12.1 Å². The average molecular weight is 264 g/mol. The van der Waals surface area contributed by atoms with Gasteiger partial charge in [-0.2, -0.15) is 0 Å². The minimum absolute atomic E-state index is 0.390. The Bertz CT molecular complexity index is 421. The van der Waals surface area contributed by atoms with Gasteiger partial charge in [0.25, 0.3) is 0 Å². The maximum absolute atomic E-state index is 5.38. The lowest BCUT2D eigenvalue weighted by Gasteiger charge is -2.34. The van der Waals surface area contributed by atoms with E-state index in [0.29, 0.717) is 12.1 Å². The molecule has 1 aliphatic heterocycles. The molecule has 1 N–H and O–H groups in total. The second-order valence-electron chi connectivity index (χ2n) is 5.26. The molecule has 0 bridgehead atoms. The Morgan fingerprint density at radius 3 is 2.53 bits per heavy atom. The van der Waals surface area contributed by atoms with Crippen LogP contribution < -0.4 is 14.8 Å². The van der Waals surface area contributed by atoms with Crippen molar-refractivity contribution in [1.82, 2.24) is 10.2 Å². The van der Waals surface area contributed by atoms with Crippen molar-refractivity contribution in [3.63, 3.8) is 0 Å². The van der Waals surface area contributed by atoms with E-state index >= 15 is 0 Å². The molecule has 0 aromatic heterocycles. The third-order valence-corrected chi connectivity index (χ3v) is 3.92. The van der Waals surface area contributed by atoms with Crippen LogP contribution in [0.25, 0.3) is 0 Å². The Morgan fingerprint density at radius 1 is 1.16 bits per heavy atom. The summed E-state index contributed by atoms with van der Waals surface area (Å²) in [5, 5.41) is 3.59. The third-order valence-electron chi connectivity index (χ3n) is 3.92. The fourth-order valence-electron chi connectivity index (χ4n) is 2.69. The van der Waals surface area contributed by atoms with Crippen molar-refractivity contribution < 1.29 is 9.47 Å². The van der Waals surface area contributed by atoms with Crippen LogP contribution in [0.5, 0.6) is 11.5 Å². The van der Waals surface area contributed by atoms with E-state index in [2.05, 4.69) is 36.4 Å². The number of hydrogen-bond acceptors (Lipinski definition) is 4. The van der Waals surface area contributed by atoms with Crippen molar-refractivity contribution in [1.29, 1.82) is 0 Å². The molecule has 1 aliphatic rings. The Morgan fingerprint density at radius 2 is 1.89 bits per heavy atom. The lowest BCUT2D eigenvalue weighted by Crippen LogP contribution is -2.41. The summed E-state index contributed by atoms with van der Waals surface area (Å²) in [7, 11) is 7.65. The Labute approximate surface area is 115 Å². The van der Waals surface area contributed by atoms with Gasteiger partial charge in [-0.05, 0) is 51.2 Å². The largest absolute Gasteiger partial charge is 0.493 e. The van der Waals surface area contributed by atoms with Gasteiger partial charge in [0.15, 0.2) is 11.5 Å². The molecule has 0 radical (unpaired) electrons.